The zero-order valence-electron chi connectivity index (χ0n) is 16.5. The minimum absolute atomic E-state index is 0.117. The molecule has 9 heteroatoms. The molecule has 2 heterocycles. The summed E-state index contributed by atoms with van der Waals surface area (Å²) in [5.74, 6) is 0.886. The molecule has 0 aliphatic heterocycles. The molecule has 0 aromatic carbocycles. The minimum atomic E-state index is -3.07. The lowest BCUT2D eigenvalue weighted by atomic mass is 10.1. The molecule has 0 bridgehead atoms. The molecule has 2 aromatic heterocycles. The molecule has 27 heavy (non-hydrogen) atoms. The van der Waals surface area contributed by atoms with E-state index in [1.165, 1.54) is 6.33 Å². The fraction of sp³-hybridized carbons (Fsp3) is 0.722. The monoisotopic (exact) mass is 395 g/mol. The van der Waals surface area contributed by atoms with E-state index in [4.69, 9.17) is 14.8 Å². The molecule has 1 aliphatic rings. The molecule has 0 amide bonds. The summed E-state index contributed by atoms with van der Waals surface area (Å²) in [5, 5.41) is 0. The van der Waals surface area contributed by atoms with E-state index in [2.05, 4.69) is 19.5 Å². The summed E-state index contributed by atoms with van der Waals surface area (Å²) in [7, 11) is -3.07. The number of anilines is 1. The zero-order valence-corrected chi connectivity index (χ0v) is 17.4. The molecule has 1 saturated carbocycles. The number of nitrogen functional groups attached to an aromatic ring is 1. The summed E-state index contributed by atoms with van der Waals surface area (Å²) in [6.07, 6.45) is 7.45. The van der Waals surface area contributed by atoms with Gasteiger partial charge in [0.25, 0.3) is 0 Å². The number of hydrogen-bond acceptors (Lipinski definition) is 7. The Labute approximate surface area is 160 Å². The minimum Gasteiger partial charge on any atom is -0.382 e. The SMILES string of the molecule is CC(C)OP(=O)(CC[C@@H]1CC[C@H](n2cnc3c(N)ncnc32)C1)OC(C)C. The largest absolute Gasteiger partial charge is 0.382 e. The predicted molar refractivity (Wildman–Crippen MR) is 106 cm³/mol. The summed E-state index contributed by atoms with van der Waals surface area (Å²) in [5.41, 5.74) is 7.32. The van der Waals surface area contributed by atoms with Crippen LogP contribution in [0.1, 0.15) is 59.4 Å². The van der Waals surface area contributed by atoms with Crippen LogP contribution in [-0.4, -0.2) is 37.9 Å². The first kappa shape index (κ1) is 20.2. The fourth-order valence-corrected chi connectivity index (χ4v) is 6.04. The number of fused-ring (bicyclic) bond motifs is 1. The van der Waals surface area contributed by atoms with Crippen molar-refractivity contribution < 1.29 is 13.6 Å². The van der Waals surface area contributed by atoms with Crippen molar-refractivity contribution in [2.75, 3.05) is 11.9 Å². The number of aromatic nitrogens is 4. The van der Waals surface area contributed by atoms with Gasteiger partial charge in [0.1, 0.15) is 11.8 Å². The Kier molecular flexibility index (Phi) is 6.18. The smallest absolute Gasteiger partial charge is 0.331 e. The highest BCUT2D eigenvalue weighted by Crippen LogP contribution is 2.52. The Bertz CT molecular complexity index is 808. The van der Waals surface area contributed by atoms with Crippen molar-refractivity contribution in [2.45, 2.75) is 71.6 Å². The lowest BCUT2D eigenvalue weighted by molar-refractivity contribution is 0.141. The molecule has 0 spiro atoms. The van der Waals surface area contributed by atoms with Crippen LogP contribution in [0.25, 0.3) is 11.2 Å². The van der Waals surface area contributed by atoms with Gasteiger partial charge in [0, 0.05) is 6.04 Å². The maximum absolute atomic E-state index is 13.0. The molecule has 2 atom stereocenters. The van der Waals surface area contributed by atoms with E-state index in [1.54, 1.807) is 6.33 Å². The Morgan fingerprint density at radius 1 is 1.19 bits per heavy atom. The molecule has 3 rings (SSSR count). The standard InChI is InChI=1S/C18H30N5O3P/c1-12(2)25-27(24,26-13(3)4)8-7-14-5-6-15(9-14)23-11-22-16-17(19)20-10-21-18(16)23/h10-15H,5-9H2,1-4H3,(H2,19,20,21)/t14-,15-/m0/s1. The maximum atomic E-state index is 13.0. The van der Waals surface area contributed by atoms with Crippen LogP contribution in [0.4, 0.5) is 5.82 Å². The van der Waals surface area contributed by atoms with Crippen molar-refractivity contribution in [1.29, 1.82) is 0 Å². The molecule has 0 radical (unpaired) electrons. The van der Waals surface area contributed by atoms with Crippen LogP contribution in [0.15, 0.2) is 12.7 Å². The molecule has 150 valence electrons. The first-order valence-corrected chi connectivity index (χ1v) is 11.4. The van der Waals surface area contributed by atoms with Gasteiger partial charge < -0.3 is 19.3 Å². The van der Waals surface area contributed by atoms with E-state index in [0.29, 0.717) is 29.5 Å². The van der Waals surface area contributed by atoms with Gasteiger partial charge in [-0.25, -0.2) is 15.0 Å². The van der Waals surface area contributed by atoms with E-state index in [1.807, 2.05) is 27.7 Å². The third-order valence-corrected chi connectivity index (χ3v) is 7.14. The van der Waals surface area contributed by atoms with E-state index in [0.717, 1.165) is 31.3 Å². The summed E-state index contributed by atoms with van der Waals surface area (Å²) in [6, 6.07) is 0.325. The van der Waals surface area contributed by atoms with E-state index >= 15 is 0 Å². The average molecular weight is 395 g/mol. The third kappa shape index (κ3) is 4.86. The summed E-state index contributed by atoms with van der Waals surface area (Å²) in [6.45, 7) is 7.55. The van der Waals surface area contributed by atoms with Crippen LogP contribution in [0.2, 0.25) is 0 Å². The second kappa shape index (κ2) is 8.25. The van der Waals surface area contributed by atoms with Gasteiger partial charge in [-0.05, 0) is 59.3 Å². The topological polar surface area (TPSA) is 105 Å². The zero-order chi connectivity index (χ0) is 19.6. The normalized spacial score (nSPS) is 21.0. The molecular weight excluding hydrogens is 365 g/mol. The van der Waals surface area contributed by atoms with Gasteiger partial charge in [-0.1, -0.05) is 0 Å². The first-order chi connectivity index (χ1) is 12.8. The van der Waals surface area contributed by atoms with E-state index in [-0.39, 0.29) is 12.2 Å². The van der Waals surface area contributed by atoms with Gasteiger partial charge in [-0.3, -0.25) is 4.57 Å². The van der Waals surface area contributed by atoms with Crippen LogP contribution >= 0.6 is 7.60 Å². The Morgan fingerprint density at radius 2 is 1.89 bits per heavy atom. The first-order valence-electron chi connectivity index (χ1n) is 9.66. The highest BCUT2D eigenvalue weighted by molar-refractivity contribution is 7.53. The van der Waals surface area contributed by atoms with Gasteiger partial charge >= 0.3 is 7.60 Å². The van der Waals surface area contributed by atoms with Crippen LogP contribution < -0.4 is 5.73 Å². The Balaban J connectivity index is 1.63. The van der Waals surface area contributed by atoms with Gasteiger partial charge in [0.05, 0.1) is 24.7 Å². The van der Waals surface area contributed by atoms with Gasteiger partial charge in [-0.2, -0.15) is 0 Å². The lowest BCUT2D eigenvalue weighted by Gasteiger charge is -2.24. The molecule has 1 fully saturated rings. The molecule has 2 N–H and O–H groups in total. The summed E-state index contributed by atoms with van der Waals surface area (Å²) < 4.78 is 26.5. The molecule has 8 nitrogen and oxygen atoms in total. The molecular formula is C18H30N5O3P. The van der Waals surface area contributed by atoms with Gasteiger partial charge in [-0.15, -0.1) is 0 Å². The van der Waals surface area contributed by atoms with Crippen LogP contribution in [0.3, 0.4) is 0 Å². The number of nitrogens with zero attached hydrogens (tertiary/aromatic N) is 4. The third-order valence-electron chi connectivity index (χ3n) is 4.85. The highest BCUT2D eigenvalue weighted by Gasteiger charge is 2.32. The number of hydrogen-bond donors (Lipinski definition) is 1. The second-order valence-corrected chi connectivity index (χ2v) is 9.94. The maximum Gasteiger partial charge on any atom is 0.331 e. The van der Waals surface area contributed by atoms with Gasteiger partial charge in [0.2, 0.25) is 0 Å². The number of imidazole rings is 1. The van der Waals surface area contributed by atoms with E-state index in [9.17, 15) is 4.57 Å². The lowest BCUT2D eigenvalue weighted by Crippen LogP contribution is -2.12. The van der Waals surface area contributed by atoms with Crippen LogP contribution in [0, 0.1) is 5.92 Å². The fourth-order valence-electron chi connectivity index (χ4n) is 3.81. The molecule has 2 aromatic rings. The summed E-state index contributed by atoms with van der Waals surface area (Å²) in [4.78, 5) is 12.7. The Morgan fingerprint density at radius 3 is 2.56 bits per heavy atom. The van der Waals surface area contributed by atoms with Crippen LogP contribution in [0.5, 0.6) is 0 Å². The van der Waals surface area contributed by atoms with Crippen molar-refractivity contribution in [2.24, 2.45) is 5.92 Å². The van der Waals surface area contributed by atoms with Crippen molar-refractivity contribution in [3.8, 4) is 0 Å². The molecule has 0 saturated heterocycles. The highest BCUT2D eigenvalue weighted by atomic mass is 31.2. The van der Waals surface area contributed by atoms with Crippen molar-refractivity contribution in [3.63, 3.8) is 0 Å². The molecule has 1 aliphatic carbocycles. The quantitative estimate of drug-likeness (QED) is 0.668. The Hall–Kier alpha value is -1.50. The predicted octanol–water partition coefficient (Wildman–Crippen LogP) is 4.18. The average Bonchev–Trinajstić information content (AvgIpc) is 3.18. The number of nitrogens with two attached hydrogens (primary N) is 1. The van der Waals surface area contributed by atoms with E-state index < -0.39 is 7.60 Å². The van der Waals surface area contributed by atoms with Crippen molar-refractivity contribution in [1.82, 2.24) is 19.5 Å². The number of rotatable bonds is 8. The van der Waals surface area contributed by atoms with Crippen LogP contribution in [-0.2, 0) is 13.6 Å². The second-order valence-electron chi connectivity index (χ2n) is 7.85. The summed E-state index contributed by atoms with van der Waals surface area (Å²) >= 11 is 0. The molecule has 0 unspecified atom stereocenters. The van der Waals surface area contributed by atoms with Crippen molar-refractivity contribution >= 4 is 24.6 Å². The van der Waals surface area contributed by atoms with Gasteiger partial charge in [0.15, 0.2) is 11.5 Å². The van der Waals surface area contributed by atoms with Crippen molar-refractivity contribution in [3.05, 3.63) is 12.7 Å².